The van der Waals surface area contributed by atoms with E-state index in [1.54, 1.807) is 0 Å². The highest BCUT2D eigenvalue weighted by atomic mass is 32.2. The Morgan fingerprint density at radius 3 is 2.31 bits per heavy atom. The molecular weight excluding hydrogens is 384 g/mol. The molecule has 0 saturated carbocycles. The van der Waals surface area contributed by atoms with Crippen molar-refractivity contribution >= 4 is 29.9 Å². The number of nitrogens with zero attached hydrogens (tertiary/aromatic N) is 2. The molecule has 0 radical (unpaired) electrons. The summed E-state index contributed by atoms with van der Waals surface area (Å²) in [4.78, 5) is 2.33. The molecule has 5 nitrogen and oxygen atoms in total. The van der Waals surface area contributed by atoms with Gasteiger partial charge >= 0.3 is 0 Å². The van der Waals surface area contributed by atoms with Crippen molar-refractivity contribution in [2.24, 2.45) is 0 Å². The molecular formula is C23H32N2O3S. The fraction of sp³-hybridized carbons (Fsp3) is 0.435. The number of anilines is 1. The zero-order valence-corrected chi connectivity index (χ0v) is 18.3. The van der Waals surface area contributed by atoms with Crippen molar-refractivity contribution in [1.29, 1.82) is 0 Å². The Bertz CT molecular complexity index is 705. The summed E-state index contributed by atoms with van der Waals surface area (Å²) in [5.74, 6) is 0.709. The SMILES string of the molecule is CCCCCCN(C)c1ccc(C=Cc2cc[n+](CCCSOO[O-])cc2)cc1. The van der Waals surface area contributed by atoms with E-state index in [0.717, 1.165) is 37.1 Å². The first-order valence-electron chi connectivity index (χ1n) is 10.3. The van der Waals surface area contributed by atoms with Crippen molar-refractivity contribution in [2.75, 3.05) is 24.2 Å². The molecule has 1 aromatic heterocycles. The molecule has 1 heterocycles. The van der Waals surface area contributed by atoms with Crippen LogP contribution in [0.2, 0.25) is 0 Å². The molecule has 29 heavy (non-hydrogen) atoms. The number of aryl methyl sites for hydroxylation is 1. The minimum Gasteiger partial charge on any atom is -0.691 e. The lowest BCUT2D eigenvalue weighted by molar-refractivity contribution is -0.777. The number of aromatic nitrogens is 1. The van der Waals surface area contributed by atoms with E-state index in [-0.39, 0.29) is 0 Å². The summed E-state index contributed by atoms with van der Waals surface area (Å²) in [7, 11) is 2.17. The summed E-state index contributed by atoms with van der Waals surface area (Å²) in [6.07, 6.45) is 14.4. The average molecular weight is 417 g/mol. The maximum absolute atomic E-state index is 9.71. The second-order valence-corrected chi connectivity index (χ2v) is 7.87. The van der Waals surface area contributed by atoms with Crippen LogP contribution in [-0.4, -0.2) is 19.3 Å². The van der Waals surface area contributed by atoms with Crippen LogP contribution in [0.25, 0.3) is 12.2 Å². The van der Waals surface area contributed by atoms with Gasteiger partial charge < -0.3 is 10.2 Å². The first-order chi connectivity index (χ1) is 14.2. The van der Waals surface area contributed by atoms with Gasteiger partial charge in [-0.3, -0.25) is 5.04 Å². The predicted molar refractivity (Wildman–Crippen MR) is 119 cm³/mol. The molecule has 158 valence electrons. The second-order valence-electron chi connectivity index (χ2n) is 7.09. The lowest BCUT2D eigenvalue weighted by Gasteiger charge is -2.19. The van der Waals surface area contributed by atoms with E-state index in [4.69, 9.17) is 0 Å². The fourth-order valence-corrected chi connectivity index (χ4v) is 3.38. The van der Waals surface area contributed by atoms with Crippen LogP contribution in [0.1, 0.15) is 50.2 Å². The van der Waals surface area contributed by atoms with E-state index in [2.05, 4.69) is 93.8 Å². The van der Waals surface area contributed by atoms with Crippen molar-refractivity contribution in [3.05, 3.63) is 59.9 Å². The van der Waals surface area contributed by atoms with E-state index < -0.39 is 0 Å². The molecule has 0 aliphatic heterocycles. The molecule has 6 heteroatoms. The molecule has 2 rings (SSSR count). The van der Waals surface area contributed by atoms with Crippen molar-refractivity contribution in [3.63, 3.8) is 0 Å². The number of pyridine rings is 1. The molecule has 0 aliphatic rings. The molecule has 0 amide bonds. The highest BCUT2D eigenvalue weighted by molar-refractivity contribution is 7.94. The van der Waals surface area contributed by atoms with Gasteiger partial charge in [0.15, 0.2) is 12.4 Å². The molecule has 0 atom stereocenters. The monoisotopic (exact) mass is 416 g/mol. The average Bonchev–Trinajstić information content (AvgIpc) is 2.76. The first kappa shape index (κ1) is 23.4. The molecule has 2 aromatic rings. The van der Waals surface area contributed by atoms with Gasteiger partial charge in [-0.2, -0.15) is 4.33 Å². The highest BCUT2D eigenvalue weighted by Gasteiger charge is 2.02. The van der Waals surface area contributed by atoms with E-state index in [9.17, 15) is 5.26 Å². The summed E-state index contributed by atoms with van der Waals surface area (Å²) in [5.41, 5.74) is 3.63. The quantitative estimate of drug-likeness (QED) is 0.150. The number of hydrogen-bond acceptors (Lipinski definition) is 5. The fourth-order valence-electron chi connectivity index (χ4n) is 3.03. The predicted octanol–water partition coefficient (Wildman–Crippen LogP) is 4.42. The number of benzene rings is 1. The zero-order valence-electron chi connectivity index (χ0n) is 17.5. The number of hydrogen-bond donors (Lipinski definition) is 0. The van der Waals surface area contributed by atoms with Crippen LogP contribution in [0, 0.1) is 0 Å². The Morgan fingerprint density at radius 2 is 1.66 bits per heavy atom. The van der Waals surface area contributed by atoms with Crippen molar-refractivity contribution in [1.82, 2.24) is 0 Å². The van der Waals surface area contributed by atoms with E-state index in [1.165, 1.54) is 36.9 Å². The van der Waals surface area contributed by atoms with Crippen LogP contribution >= 0.6 is 12.0 Å². The summed E-state index contributed by atoms with van der Waals surface area (Å²) in [6.45, 7) is 4.22. The van der Waals surface area contributed by atoms with Crippen molar-refractivity contribution < 1.29 is 19.2 Å². The third-order valence-corrected chi connectivity index (χ3v) is 5.39. The number of rotatable bonds is 14. The standard InChI is InChI=1S/C23H32N2O3S/c1-3-4-5-6-16-24(2)23-12-10-21(11-13-23)8-9-22-14-18-25(19-15-22)17-7-20-29-28-27-26/h8-15,18-19H,3-7,16-17,20H2,1-2H3. The molecule has 0 aliphatic carbocycles. The smallest absolute Gasteiger partial charge is 0.169 e. The van der Waals surface area contributed by atoms with Gasteiger partial charge in [-0.25, -0.2) is 4.57 Å². The molecule has 0 bridgehead atoms. The van der Waals surface area contributed by atoms with E-state index >= 15 is 0 Å². The normalized spacial score (nSPS) is 11.3. The van der Waals surface area contributed by atoms with Crippen LogP contribution in [0.15, 0.2) is 48.8 Å². The Morgan fingerprint density at radius 1 is 0.966 bits per heavy atom. The summed E-state index contributed by atoms with van der Waals surface area (Å²) >= 11 is 1.03. The third-order valence-electron chi connectivity index (χ3n) is 4.79. The summed E-state index contributed by atoms with van der Waals surface area (Å²) < 4.78 is 6.36. The van der Waals surface area contributed by atoms with Crippen LogP contribution in [-0.2, 0) is 15.9 Å². The van der Waals surface area contributed by atoms with E-state index in [1.807, 2.05) is 0 Å². The van der Waals surface area contributed by atoms with Gasteiger partial charge in [0, 0.05) is 55.6 Å². The maximum atomic E-state index is 9.71. The Kier molecular flexibility index (Phi) is 11.4. The molecule has 0 unspecified atom stereocenters. The third kappa shape index (κ3) is 9.45. The Balaban J connectivity index is 1.78. The molecule has 0 saturated heterocycles. The van der Waals surface area contributed by atoms with Gasteiger partial charge in [0.25, 0.3) is 0 Å². The number of unbranched alkanes of at least 4 members (excludes halogenated alkanes) is 3. The van der Waals surface area contributed by atoms with Gasteiger partial charge in [-0.1, -0.05) is 50.5 Å². The minimum absolute atomic E-state index is 0.709. The molecule has 0 fully saturated rings. The topological polar surface area (TPSA) is 48.6 Å². The maximum Gasteiger partial charge on any atom is 0.169 e. The van der Waals surface area contributed by atoms with Gasteiger partial charge in [-0.15, -0.1) is 0 Å². The largest absolute Gasteiger partial charge is 0.691 e. The first-order valence-corrected chi connectivity index (χ1v) is 11.2. The summed E-state index contributed by atoms with van der Waals surface area (Å²) in [5, 5.41) is 13.0. The van der Waals surface area contributed by atoms with Crippen LogP contribution < -0.4 is 14.7 Å². The zero-order chi connectivity index (χ0) is 20.7. The lowest BCUT2D eigenvalue weighted by atomic mass is 10.1. The van der Waals surface area contributed by atoms with Crippen LogP contribution in [0.5, 0.6) is 0 Å². The molecule has 0 spiro atoms. The van der Waals surface area contributed by atoms with Crippen LogP contribution in [0.4, 0.5) is 5.69 Å². The van der Waals surface area contributed by atoms with Gasteiger partial charge in [-0.05, 0) is 29.7 Å². The summed E-state index contributed by atoms with van der Waals surface area (Å²) in [6, 6.07) is 12.9. The molecule has 1 aromatic carbocycles. The Labute approximate surface area is 179 Å². The van der Waals surface area contributed by atoms with Gasteiger partial charge in [0.1, 0.15) is 6.54 Å². The second kappa shape index (κ2) is 14.2. The lowest BCUT2D eigenvalue weighted by Crippen LogP contribution is -2.32. The minimum atomic E-state index is 0.709. The van der Waals surface area contributed by atoms with Crippen molar-refractivity contribution in [2.45, 2.75) is 45.6 Å². The van der Waals surface area contributed by atoms with Gasteiger partial charge in [0.2, 0.25) is 0 Å². The Hall–Kier alpha value is -1.86. The van der Waals surface area contributed by atoms with E-state index in [0.29, 0.717) is 5.75 Å². The van der Waals surface area contributed by atoms with Gasteiger partial charge in [0.05, 0.1) is 0 Å². The van der Waals surface area contributed by atoms with Crippen LogP contribution in [0.3, 0.4) is 0 Å². The molecule has 0 N–H and O–H groups in total. The highest BCUT2D eigenvalue weighted by Crippen LogP contribution is 2.16. The van der Waals surface area contributed by atoms with Crippen molar-refractivity contribution in [3.8, 4) is 0 Å².